The predicted octanol–water partition coefficient (Wildman–Crippen LogP) is 4.87. The Morgan fingerprint density at radius 3 is 2.18 bits per heavy atom. The third kappa shape index (κ3) is 6.48. The van der Waals surface area contributed by atoms with Crippen LogP contribution in [0.25, 0.3) is 0 Å². The summed E-state index contributed by atoms with van der Waals surface area (Å²) < 4.78 is 0. The number of carbonyl (C=O) groups excluding carboxylic acids is 2. The van der Waals surface area contributed by atoms with Crippen molar-refractivity contribution in [1.82, 2.24) is 9.80 Å². The summed E-state index contributed by atoms with van der Waals surface area (Å²) in [5.74, 6) is 0.00952. The second-order valence-corrected chi connectivity index (χ2v) is 9.60. The minimum absolute atomic E-state index is 0.0130. The fraction of sp³-hybridized carbons (Fsp3) is 0.478. The summed E-state index contributed by atoms with van der Waals surface area (Å²) in [5, 5.41) is 0. The van der Waals surface area contributed by atoms with E-state index in [1.807, 2.05) is 62.9 Å². The number of benzene rings is 1. The first-order chi connectivity index (χ1) is 13.2. The number of carbonyl (C=O) groups is 2. The van der Waals surface area contributed by atoms with Crippen LogP contribution in [0.5, 0.6) is 0 Å². The van der Waals surface area contributed by atoms with Crippen molar-refractivity contribution < 1.29 is 9.59 Å². The summed E-state index contributed by atoms with van der Waals surface area (Å²) in [6.07, 6.45) is 0.831. The van der Waals surface area contributed by atoms with E-state index in [0.29, 0.717) is 19.6 Å². The van der Waals surface area contributed by atoms with Crippen LogP contribution >= 0.6 is 11.3 Å². The van der Waals surface area contributed by atoms with Gasteiger partial charge in [0.05, 0.1) is 13.1 Å². The molecule has 1 heterocycles. The second kappa shape index (κ2) is 9.87. The van der Waals surface area contributed by atoms with Crippen LogP contribution in [-0.4, -0.2) is 34.7 Å². The standard InChI is InChI=1S/C23H32N2O2S/c1-6-14-24(22(27)23(3,4)5)17-21(26)25(15-19-10-8-7-9-11-19)16-20-13-12-18(2)28-20/h7-13H,6,14-17H2,1-5H3. The number of thiophene rings is 1. The molecule has 0 atom stereocenters. The Morgan fingerprint density at radius 2 is 1.64 bits per heavy atom. The van der Waals surface area contributed by atoms with Crippen LogP contribution < -0.4 is 0 Å². The normalized spacial score (nSPS) is 11.3. The average molecular weight is 401 g/mol. The van der Waals surface area contributed by atoms with Crippen molar-refractivity contribution in [3.05, 3.63) is 57.8 Å². The summed E-state index contributed by atoms with van der Waals surface area (Å²) in [4.78, 5) is 32.0. The summed E-state index contributed by atoms with van der Waals surface area (Å²) >= 11 is 1.71. The molecular weight excluding hydrogens is 368 g/mol. The number of hydrogen-bond acceptors (Lipinski definition) is 3. The van der Waals surface area contributed by atoms with Gasteiger partial charge in [-0.15, -0.1) is 11.3 Å². The van der Waals surface area contributed by atoms with Crippen LogP contribution in [0.2, 0.25) is 0 Å². The maximum atomic E-state index is 13.2. The smallest absolute Gasteiger partial charge is 0.242 e. The third-order valence-electron chi connectivity index (χ3n) is 4.46. The van der Waals surface area contributed by atoms with Gasteiger partial charge in [0.25, 0.3) is 0 Å². The van der Waals surface area contributed by atoms with Gasteiger partial charge in [0.15, 0.2) is 0 Å². The zero-order valence-electron chi connectivity index (χ0n) is 17.7. The van der Waals surface area contributed by atoms with Gasteiger partial charge in [-0.05, 0) is 31.0 Å². The molecule has 0 aliphatic heterocycles. The van der Waals surface area contributed by atoms with Crippen molar-refractivity contribution in [1.29, 1.82) is 0 Å². The van der Waals surface area contributed by atoms with Crippen molar-refractivity contribution in [3.63, 3.8) is 0 Å². The van der Waals surface area contributed by atoms with Crippen molar-refractivity contribution in [2.75, 3.05) is 13.1 Å². The highest BCUT2D eigenvalue weighted by Crippen LogP contribution is 2.21. The van der Waals surface area contributed by atoms with E-state index in [-0.39, 0.29) is 18.4 Å². The maximum absolute atomic E-state index is 13.2. The van der Waals surface area contributed by atoms with Crippen LogP contribution in [0, 0.1) is 12.3 Å². The van der Waals surface area contributed by atoms with Gasteiger partial charge in [0.1, 0.15) is 0 Å². The first-order valence-electron chi connectivity index (χ1n) is 9.87. The molecule has 0 aliphatic rings. The van der Waals surface area contributed by atoms with E-state index in [9.17, 15) is 9.59 Å². The molecule has 0 spiro atoms. The Labute approximate surface area is 173 Å². The van der Waals surface area contributed by atoms with Crippen LogP contribution in [-0.2, 0) is 22.7 Å². The minimum atomic E-state index is -0.495. The van der Waals surface area contributed by atoms with E-state index < -0.39 is 5.41 Å². The van der Waals surface area contributed by atoms with Gasteiger partial charge >= 0.3 is 0 Å². The number of rotatable bonds is 8. The van der Waals surface area contributed by atoms with Gasteiger partial charge in [0.2, 0.25) is 11.8 Å². The molecule has 0 bridgehead atoms. The topological polar surface area (TPSA) is 40.6 Å². The first kappa shape index (κ1) is 22.2. The SMILES string of the molecule is CCCN(CC(=O)N(Cc1ccccc1)Cc1ccc(C)s1)C(=O)C(C)(C)C. The predicted molar refractivity (Wildman–Crippen MR) is 116 cm³/mol. The summed E-state index contributed by atoms with van der Waals surface area (Å²) in [6.45, 7) is 11.6. The molecule has 0 radical (unpaired) electrons. The first-order valence-corrected chi connectivity index (χ1v) is 10.7. The van der Waals surface area contributed by atoms with E-state index in [4.69, 9.17) is 0 Å². The van der Waals surface area contributed by atoms with Gasteiger partial charge < -0.3 is 9.80 Å². The fourth-order valence-corrected chi connectivity index (χ4v) is 3.96. The molecule has 0 saturated heterocycles. The Bertz CT molecular complexity index is 777. The third-order valence-corrected chi connectivity index (χ3v) is 5.45. The van der Waals surface area contributed by atoms with Crippen molar-refractivity contribution in [3.8, 4) is 0 Å². The van der Waals surface area contributed by atoms with Crippen LogP contribution in [0.4, 0.5) is 0 Å². The Hall–Kier alpha value is -2.14. The van der Waals surface area contributed by atoms with Crippen LogP contribution in [0.3, 0.4) is 0 Å². The molecule has 2 aromatic rings. The van der Waals surface area contributed by atoms with Gasteiger partial charge in [-0.3, -0.25) is 9.59 Å². The lowest BCUT2D eigenvalue weighted by atomic mass is 9.94. The highest BCUT2D eigenvalue weighted by Gasteiger charge is 2.29. The molecule has 2 amide bonds. The zero-order valence-corrected chi connectivity index (χ0v) is 18.5. The van der Waals surface area contributed by atoms with E-state index in [2.05, 4.69) is 19.1 Å². The van der Waals surface area contributed by atoms with E-state index >= 15 is 0 Å². The van der Waals surface area contributed by atoms with Crippen molar-refractivity contribution in [2.45, 2.75) is 54.1 Å². The molecule has 0 unspecified atom stereocenters. The van der Waals surface area contributed by atoms with E-state index in [1.165, 1.54) is 4.88 Å². The van der Waals surface area contributed by atoms with Crippen LogP contribution in [0.1, 0.15) is 49.4 Å². The quantitative estimate of drug-likeness (QED) is 0.634. The molecule has 4 nitrogen and oxygen atoms in total. The molecule has 5 heteroatoms. The van der Waals surface area contributed by atoms with Gasteiger partial charge in [-0.25, -0.2) is 0 Å². The molecule has 2 rings (SSSR count). The fourth-order valence-electron chi connectivity index (χ4n) is 3.05. The highest BCUT2D eigenvalue weighted by molar-refractivity contribution is 7.11. The lowest BCUT2D eigenvalue weighted by Crippen LogP contribution is -2.46. The van der Waals surface area contributed by atoms with Crippen LogP contribution in [0.15, 0.2) is 42.5 Å². The highest BCUT2D eigenvalue weighted by atomic mass is 32.1. The molecule has 28 heavy (non-hydrogen) atoms. The number of amides is 2. The molecule has 1 aromatic carbocycles. The minimum Gasteiger partial charge on any atom is -0.333 e. The Morgan fingerprint density at radius 1 is 0.964 bits per heavy atom. The summed E-state index contributed by atoms with van der Waals surface area (Å²) in [6, 6.07) is 14.2. The second-order valence-electron chi connectivity index (χ2n) is 8.22. The van der Waals surface area contributed by atoms with Gasteiger partial charge in [0, 0.05) is 28.3 Å². The Kier molecular flexibility index (Phi) is 7.81. The lowest BCUT2D eigenvalue weighted by molar-refractivity contribution is -0.146. The summed E-state index contributed by atoms with van der Waals surface area (Å²) in [7, 11) is 0. The van der Waals surface area contributed by atoms with E-state index in [1.54, 1.807) is 16.2 Å². The van der Waals surface area contributed by atoms with Crippen molar-refractivity contribution in [2.24, 2.45) is 5.41 Å². The molecule has 152 valence electrons. The average Bonchev–Trinajstić information content (AvgIpc) is 3.05. The molecule has 0 aliphatic carbocycles. The molecule has 0 saturated carbocycles. The lowest BCUT2D eigenvalue weighted by Gasteiger charge is -2.31. The number of hydrogen-bond donors (Lipinski definition) is 0. The largest absolute Gasteiger partial charge is 0.333 e. The molecule has 0 N–H and O–H groups in total. The monoisotopic (exact) mass is 400 g/mol. The zero-order chi connectivity index (χ0) is 20.7. The van der Waals surface area contributed by atoms with E-state index in [0.717, 1.165) is 16.9 Å². The van der Waals surface area contributed by atoms with Crippen molar-refractivity contribution >= 4 is 23.2 Å². The van der Waals surface area contributed by atoms with Gasteiger partial charge in [-0.2, -0.15) is 0 Å². The molecule has 1 aromatic heterocycles. The number of aryl methyl sites for hydroxylation is 1. The Balaban J connectivity index is 2.19. The number of nitrogens with zero attached hydrogens (tertiary/aromatic N) is 2. The van der Waals surface area contributed by atoms with Gasteiger partial charge in [-0.1, -0.05) is 58.0 Å². The molecular formula is C23H32N2O2S. The maximum Gasteiger partial charge on any atom is 0.242 e. The summed E-state index contributed by atoms with van der Waals surface area (Å²) in [5.41, 5.74) is 0.596. The molecule has 0 fully saturated rings.